The summed E-state index contributed by atoms with van der Waals surface area (Å²) in [5.41, 5.74) is 1.08. The predicted octanol–water partition coefficient (Wildman–Crippen LogP) is 3.11. The molecule has 2 aromatic rings. The maximum absolute atomic E-state index is 12.9. The molecule has 0 bridgehead atoms. The van der Waals surface area contributed by atoms with Gasteiger partial charge in [0.1, 0.15) is 0 Å². The molecule has 1 aromatic heterocycles. The highest BCUT2D eigenvalue weighted by Crippen LogP contribution is 2.20. The molecule has 4 rings (SSSR count). The van der Waals surface area contributed by atoms with Gasteiger partial charge in [0.25, 0.3) is 11.5 Å². The SMILES string of the molecule is C[C@@H]1CCCN(C(=O)c2ccc3c(=O)n(C[C@@H]4CCCO4)c(=S)[nH]c3c2)C1. The van der Waals surface area contributed by atoms with Crippen LogP contribution in [0.3, 0.4) is 0 Å². The van der Waals surface area contributed by atoms with Gasteiger partial charge in [-0.15, -0.1) is 0 Å². The third kappa shape index (κ3) is 3.71. The average molecular weight is 388 g/mol. The van der Waals surface area contributed by atoms with Crippen LogP contribution >= 0.6 is 12.2 Å². The van der Waals surface area contributed by atoms with Crippen molar-refractivity contribution < 1.29 is 9.53 Å². The zero-order chi connectivity index (χ0) is 19.0. The number of rotatable bonds is 3. The summed E-state index contributed by atoms with van der Waals surface area (Å²) in [5, 5.41) is 0.546. The molecule has 27 heavy (non-hydrogen) atoms. The van der Waals surface area contributed by atoms with Crippen LogP contribution in [0.4, 0.5) is 0 Å². The number of likely N-dealkylation sites (tertiary alicyclic amines) is 1. The van der Waals surface area contributed by atoms with Crippen LogP contribution in [0.15, 0.2) is 23.0 Å². The van der Waals surface area contributed by atoms with Crippen LogP contribution in [0.2, 0.25) is 0 Å². The normalized spacial score (nSPS) is 23.1. The zero-order valence-corrected chi connectivity index (χ0v) is 16.4. The Morgan fingerprint density at radius 1 is 1.33 bits per heavy atom. The first-order chi connectivity index (χ1) is 13.0. The molecule has 0 spiro atoms. The molecule has 2 aliphatic heterocycles. The van der Waals surface area contributed by atoms with E-state index in [9.17, 15) is 9.59 Å². The largest absolute Gasteiger partial charge is 0.376 e. The topological polar surface area (TPSA) is 67.3 Å². The van der Waals surface area contributed by atoms with E-state index >= 15 is 0 Å². The molecule has 1 N–H and O–H groups in total. The predicted molar refractivity (Wildman–Crippen MR) is 107 cm³/mol. The maximum Gasteiger partial charge on any atom is 0.262 e. The van der Waals surface area contributed by atoms with Gasteiger partial charge in [0.05, 0.1) is 23.6 Å². The van der Waals surface area contributed by atoms with Gasteiger partial charge in [-0.1, -0.05) is 6.92 Å². The minimum Gasteiger partial charge on any atom is -0.376 e. The Balaban J connectivity index is 1.65. The van der Waals surface area contributed by atoms with Gasteiger partial charge in [-0.25, -0.2) is 0 Å². The second kappa shape index (κ2) is 7.56. The third-order valence-electron chi connectivity index (χ3n) is 5.58. The molecule has 7 heteroatoms. The van der Waals surface area contributed by atoms with Gasteiger partial charge in [-0.3, -0.25) is 14.2 Å². The number of nitrogens with one attached hydrogen (secondary N) is 1. The first kappa shape index (κ1) is 18.4. The van der Waals surface area contributed by atoms with Crippen molar-refractivity contribution in [1.29, 1.82) is 0 Å². The molecule has 6 nitrogen and oxygen atoms in total. The Bertz CT molecular complexity index is 975. The summed E-state index contributed by atoms with van der Waals surface area (Å²) in [5.74, 6) is 0.547. The Morgan fingerprint density at radius 2 is 2.19 bits per heavy atom. The lowest BCUT2D eigenvalue weighted by Gasteiger charge is -2.31. The number of carbonyl (C=O) groups excluding carboxylic acids is 1. The number of hydrogen-bond donors (Lipinski definition) is 1. The third-order valence-corrected chi connectivity index (χ3v) is 5.91. The summed E-state index contributed by atoms with van der Waals surface area (Å²) in [4.78, 5) is 30.8. The number of ether oxygens (including phenoxy) is 1. The molecular weight excluding hydrogens is 362 g/mol. The molecule has 2 aliphatic rings. The molecule has 0 radical (unpaired) electrons. The van der Waals surface area contributed by atoms with Gasteiger partial charge in [0.2, 0.25) is 0 Å². The minimum atomic E-state index is -0.130. The van der Waals surface area contributed by atoms with Gasteiger partial charge in [-0.2, -0.15) is 0 Å². The fourth-order valence-corrected chi connectivity index (χ4v) is 4.37. The summed E-state index contributed by atoms with van der Waals surface area (Å²) in [7, 11) is 0. The molecule has 2 fully saturated rings. The Hall–Kier alpha value is -1.99. The molecular formula is C20H25N3O3S. The van der Waals surface area contributed by atoms with Crippen LogP contribution in [0.25, 0.3) is 10.9 Å². The first-order valence-electron chi connectivity index (χ1n) is 9.70. The van der Waals surface area contributed by atoms with Crippen molar-refractivity contribution in [1.82, 2.24) is 14.5 Å². The number of benzene rings is 1. The summed E-state index contributed by atoms with van der Waals surface area (Å²) in [6.45, 7) is 4.96. The molecule has 0 aliphatic carbocycles. The number of H-pyrrole nitrogens is 1. The van der Waals surface area contributed by atoms with Crippen molar-refractivity contribution in [2.75, 3.05) is 19.7 Å². The second-order valence-corrected chi connectivity index (χ2v) is 8.13. The van der Waals surface area contributed by atoms with Crippen molar-refractivity contribution in [2.24, 2.45) is 5.92 Å². The highest BCUT2D eigenvalue weighted by atomic mass is 32.1. The summed E-state index contributed by atoms with van der Waals surface area (Å²) >= 11 is 5.41. The van der Waals surface area contributed by atoms with E-state index in [4.69, 9.17) is 17.0 Å². The van der Waals surface area contributed by atoms with Crippen LogP contribution in [0.5, 0.6) is 0 Å². The molecule has 3 heterocycles. The molecule has 144 valence electrons. The number of fused-ring (bicyclic) bond motifs is 1. The molecule has 1 aromatic carbocycles. The van der Waals surface area contributed by atoms with E-state index in [0.717, 1.165) is 39.0 Å². The number of carbonyl (C=O) groups is 1. The number of hydrogen-bond acceptors (Lipinski definition) is 4. The number of amides is 1. The quantitative estimate of drug-likeness (QED) is 0.822. The van der Waals surface area contributed by atoms with Gasteiger partial charge in [-0.05, 0) is 62.0 Å². The maximum atomic E-state index is 12.9. The summed E-state index contributed by atoms with van der Waals surface area (Å²) in [6.07, 6.45) is 4.21. The second-order valence-electron chi connectivity index (χ2n) is 7.74. The van der Waals surface area contributed by atoms with E-state index in [-0.39, 0.29) is 17.6 Å². The van der Waals surface area contributed by atoms with Crippen LogP contribution in [-0.2, 0) is 11.3 Å². The van der Waals surface area contributed by atoms with Crippen molar-refractivity contribution in [2.45, 2.75) is 45.3 Å². The van der Waals surface area contributed by atoms with E-state index in [1.54, 1.807) is 22.8 Å². The fraction of sp³-hybridized carbons (Fsp3) is 0.550. The molecule has 0 saturated carbocycles. The van der Waals surface area contributed by atoms with E-state index in [0.29, 0.717) is 33.7 Å². The van der Waals surface area contributed by atoms with Crippen molar-refractivity contribution in [3.63, 3.8) is 0 Å². The van der Waals surface area contributed by atoms with E-state index in [1.807, 2.05) is 4.90 Å². The highest BCUT2D eigenvalue weighted by molar-refractivity contribution is 7.71. The van der Waals surface area contributed by atoms with Crippen molar-refractivity contribution in [3.05, 3.63) is 38.9 Å². The number of aromatic amines is 1. The van der Waals surface area contributed by atoms with E-state index in [2.05, 4.69) is 11.9 Å². The van der Waals surface area contributed by atoms with Crippen molar-refractivity contribution in [3.8, 4) is 0 Å². The van der Waals surface area contributed by atoms with Gasteiger partial charge in [0.15, 0.2) is 4.77 Å². The Kier molecular flexibility index (Phi) is 5.14. The Morgan fingerprint density at radius 3 is 2.93 bits per heavy atom. The van der Waals surface area contributed by atoms with Crippen LogP contribution < -0.4 is 5.56 Å². The summed E-state index contributed by atoms with van der Waals surface area (Å²) < 4.78 is 7.58. The fourth-order valence-electron chi connectivity index (χ4n) is 4.10. The average Bonchev–Trinajstić information content (AvgIpc) is 3.17. The molecule has 2 saturated heterocycles. The van der Waals surface area contributed by atoms with Crippen LogP contribution in [-0.4, -0.2) is 46.2 Å². The van der Waals surface area contributed by atoms with Crippen LogP contribution in [0, 0.1) is 10.7 Å². The zero-order valence-electron chi connectivity index (χ0n) is 15.6. The lowest BCUT2D eigenvalue weighted by molar-refractivity contribution is 0.0683. The number of nitrogens with zero attached hydrogens (tertiary/aromatic N) is 2. The van der Waals surface area contributed by atoms with Gasteiger partial charge >= 0.3 is 0 Å². The standard InChI is InChI=1S/C20H25N3O3S/c1-13-4-2-8-22(11-13)18(24)14-6-7-16-17(10-14)21-20(27)23(19(16)25)12-15-5-3-9-26-15/h6-7,10,13,15H,2-5,8-9,11-12H2,1H3,(H,21,27)/t13-,15+/m1/s1. The number of aromatic nitrogens is 2. The molecule has 2 atom stereocenters. The van der Waals surface area contributed by atoms with E-state index < -0.39 is 0 Å². The smallest absolute Gasteiger partial charge is 0.262 e. The lowest BCUT2D eigenvalue weighted by Crippen LogP contribution is -2.39. The van der Waals surface area contributed by atoms with Gasteiger partial charge in [0, 0.05) is 25.3 Å². The minimum absolute atomic E-state index is 0.0197. The lowest BCUT2D eigenvalue weighted by atomic mass is 9.99. The first-order valence-corrected chi connectivity index (χ1v) is 10.1. The molecule has 1 amide bonds. The molecule has 0 unspecified atom stereocenters. The number of piperidine rings is 1. The summed E-state index contributed by atoms with van der Waals surface area (Å²) in [6, 6.07) is 5.23. The van der Waals surface area contributed by atoms with Crippen molar-refractivity contribution >= 4 is 29.0 Å². The monoisotopic (exact) mass is 387 g/mol. The Labute approximate surface area is 163 Å². The van der Waals surface area contributed by atoms with Gasteiger partial charge < -0.3 is 14.6 Å². The van der Waals surface area contributed by atoms with Crippen LogP contribution in [0.1, 0.15) is 43.0 Å². The highest BCUT2D eigenvalue weighted by Gasteiger charge is 2.23. The van der Waals surface area contributed by atoms with E-state index in [1.165, 1.54) is 6.42 Å².